The van der Waals surface area contributed by atoms with Gasteiger partial charge in [0.15, 0.2) is 5.82 Å². The summed E-state index contributed by atoms with van der Waals surface area (Å²) in [5.74, 6) is 0.859. The van der Waals surface area contributed by atoms with Gasteiger partial charge >= 0.3 is 0 Å². The molecule has 0 aliphatic rings. The Bertz CT molecular complexity index is 716. The molecule has 3 aromatic rings. The molecule has 6 heteroatoms. The van der Waals surface area contributed by atoms with E-state index in [0.29, 0.717) is 0 Å². The van der Waals surface area contributed by atoms with Gasteiger partial charge in [0, 0.05) is 23.7 Å². The molecule has 0 aliphatic heterocycles. The third-order valence-electron chi connectivity index (χ3n) is 2.97. The zero-order valence-electron chi connectivity index (χ0n) is 11.4. The Kier molecular flexibility index (Phi) is 3.47. The number of nitrogens with one attached hydrogen (secondary N) is 1. The van der Waals surface area contributed by atoms with Crippen LogP contribution in [0.15, 0.2) is 36.0 Å². The van der Waals surface area contributed by atoms with Gasteiger partial charge in [-0.05, 0) is 19.1 Å². The van der Waals surface area contributed by atoms with Crippen LogP contribution in [0.2, 0.25) is 0 Å². The SMILES string of the molecule is Cc1nc(CNc2cccc(-c3nncn3C)c2)cs1. The van der Waals surface area contributed by atoms with Crippen molar-refractivity contribution >= 4 is 17.0 Å². The Hall–Kier alpha value is -2.21. The quantitative estimate of drug-likeness (QED) is 0.801. The second-order valence-corrected chi connectivity index (χ2v) is 5.62. The van der Waals surface area contributed by atoms with Crippen molar-refractivity contribution in [2.24, 2.45) is 7.05 Å². The molecule has 0 saturated heterocycles. The molecule has 5 nitrogen and oxygen atoms in total. The van der Waals surface area contributed by atoms with Crippen LogP contribution < -0.4 is 5.32 Å². The molecule has 0 bridgehead atoms. The van der Waals surface area contributed by atoms with Gasteiger partial charge in [-0.2, -0.15) is 0 Å². The molecule has 0 atom stereocenters. The van der Waals surface area contributed by atoms with E-state index in [4.69, 9.17) is 0 Å². The molecule has 2 aromatic heterocycles. The van der Waals surface area contributed by atoms with Gasteiger partial charge in [0.25, 0.3) is 0 Å². The smallest absolute Gasteiger partial charge is 0.163 e. The number of aromatic nitrogens is 4. The molecule has 0 fully saturated rings. The van der Waals surface area contributed by atoms with Crippen LogP contribution in [0, 0.1) is 6.92 Å². The summed E-state index contributed by atoms with van der Waals surface area (Å²) in [5.41, 5.74) is 3.16. The summed E-state index contributed by atoms with van der Waals surface area (Å²) in [4.78, 5) is 4.44. The van der Waals surface area contributed by atoms with Gasteiger partial charge in [-0.1, -0.05) is 12.1 Å². The van der Waals surface area contributed by atoms with E-state index in [9.17, 15) is 0 Å². The van der Waals surface area contributed by atoms with Crippen molar-refractivity contribution < 1.29 is 0 Å². The second kappa shape index (κ2) is 5.42. The third kappa shape index (κ3) is 2.70. The maximum atomic E-state index is 4.44. The number of nitrogens with zero attached hydrogens (tertiary/aromatic N) is 4. The zero-order chi connectivity index (χ0) is 13.9. The summed E-state index contributed by atoms with van der Waals surface area (Å²) in [6.45, 7) is 2.75. The van der Waals surface area contributed by atoms with Crippen LogP contribution in [0.3, 0.4) is 0 Å². The van der Waals surface area contributed by atoms with E-state index in [-0.39, 0.29) is 0 Å². The first kappa shape index (κ1) is 12.8. The minimum Gasteiger partial charge on any atom is -0.379 e. The maximum absolute atomic E-state index is 4.44. The molecule has 0 saturated carbocycles. The molecule has 0 unspecified atom stereocenters. The Morgan fingerprint density at radius 2 is 2.25 bits per heavy atom. The Morgan fingerprint density at radius 3 is 2.95 bits per heavy atom. The molecule has 102 valence electrons. The van der Waals surface area contributed by atoms with Gasteiger partial charge in [-0.3, -0.25) is 0 Å². The predicted molar refractivity (Wildman–Crippen MR) is 80.6 cm³/mol. The van der Waals surface area contributed by atoms with E-state index in [1.807, 2.05) is 36.7 Å². The first-order valence-electron chi connectivity index (χ1n) is 6.32. The topological polar surface area (TPSA) is 55.6 Å². The van der Waals surface area contributed by atoms with Crippen LogP contribution in [0.4, 0.5) is 5.69 Å². The van der Waals surface area contributed by atoms with Gasteiger partial charge < -0.3 is 9.88 Å². The van der Waals surface area contributed by atoms with Crippen molar-refractivity contribution in [2.45, 2.75) is 13.5 Å². The Balaban J connectivity index is 1.76. The molecule has 1 aromatic carbocycles. The molecule has 0 spiro atoms. The van der Waals surface area contributed by atoms with E-state index >= 15 is 0 Å². The number of anilines is 1. The molecule has 0 aliphatic carbocycles. The van der Waals surface area contributed by atoms with Gasteiger partial charge in [-0.25, -0.2) is 4.98 Å². The highest BCUT2D eigenvalue weighted by Crippen LogP contribution is 2.20. The van der Waals surface area contributed by atoms with Crippen LogP contribution >= 0.6 is 11.3 Å². The van der Waals surface area contributed by atoms with Crippen LogP contribution in [0.1, 0.15) is 10.7 Å². The fraction of sp³-hybridized carbons (Fsp3) is 0.214. The average Bonchev–Trinajstić information content (AvgIpc) is 3.05. The van der Waals surface area contributed by atoms with Gasteiger partial charge in [0.2, 0.25) is 0 Å². The van der Waals surface area contributed by atoms with Crippen LogP contribution in [-0.4, -0.2) is 19.7 Å². The van der Waals surface area contributed by atoms with Crippen molar-refractivity contribution in [3.8, 4) is 11.4 Å². The van der Waals surface area contributed by atoms with Crippen molar-refractivity contribution in [2.75, 3.05) is 5.32 Å². The first-order chi connectivity index (χ1) is 9.72. The monoisotopic (exact) mass is 285 g/mol. The largest absolute Gasteiger partial charge is 0.379 e. The summed E-state index contributed by atoms with van der Waals surface area (Å²) < 4.78 is 1.91. The van der Waals surface area contributed by atoms with Gasteiger partial charge in [0.05, 0.1) is 17.2 Å². The van der Waals surface area contributed by atoms with E-state index in [1.54, 1.807) is 17.7 Å². The number of rotatable bonds is 4. The van der Waals surface area contributed by atoms with E-state index < -0.39 is 0 Å². The normalized spacial score (nSPS) is 10.7. The Labute approximate surface area is 121 Å². The second-order valence-electron chi connectivity index (χ2n) is 4.56. The Morgan fingerprint density at radius 1 is 1.35 bits per heavy atom. The fourth-order valence-corrected chi connectivity index (χ4v) is 2.61. The van der Waals surface area contributed by atoms with Gasteiger partial charge in [-0.15, -0.1) is 21.5 Å². The number of hydrogen-bond acceptors (Lipinski definition) is 5. The minimum absolute atomic E-state index is 0.729. The molecule has 0 amide bonds. The summed E-state index contributed by atoms with van der Waals surface area (Å²) in [6.07, 6.45) is 1.70. The highest BCUT2D eigenvalue weighted by molar-refractivity contribution is 7.09. The van der Waals surface area contributed by atoms with Gasteiger partial charge in [0.1, 0.15) is 6.33 Å². The van der Waals surface area contributed by atoms with Crippen LogP contribution in [0.25, 0.3) is 11.4 Å². The standard InChI is InChI=1S/C14H15N5S/c1-10-17-13(8-20-10)7-15-12-5-3-4-11(6-12)14-18-16-9-19(14)2/h3-6,8-9,15H,7H2,1-2H3. The molecule has 2 heterocycles. The molecule has 1 N–H and O–H groups in total. The molecular formula is C14H15N5S. The van der Waals surface area contributed by atoms with E-state index in [1.165, 1.54) is 0 Å². The molecular weight excluding hydrogens is 270 g/mol. The zero-order valence-corrected chi connectivity index (χ0v) is 12.2. The number of thiazole rings is 1. The first-order valence-corrected chi connectivity index (χ1v) is 7.19. The molecule has 0 radical (unpaired) electrons. The lowest BCUT2D eigenvalue weighted by atomic mass is 10.2. The summed E-state index contributed by atoms with van der Waals surface area (Å²) >= 11 is 1.67. The maximum Gasteiger partial charge on any atom is 0.163 e. The van der Waals surface area contributed by atoms with Crippen molar-refractivity contribution in [1.29, 1.82) is 0 Å². The lowest BCUT2D eigenvalue weighted by molar-refractivity contribution is 0.919. The summed E-state index contributed by atoms with van der Waals surface area (Å²) in [5, 5.41) is 14.6. The van der Waals surface area contributed by atoms with Crippen molar-refractivity contribution in [3.05, 3.63) is 46.7 Å². The molecule has 3 rings (SSSR count). The van der Waals surface area contributed by atoms with E-state index in [2.05, 4.69) is 31.9 Å². The third-order valence-corrected chi connectivity index (χ3v) is 3.79. The number of benzene rings is 1. The van der Waals surface area contributed by atoms with Crippen LogP contribution in [0.5, 0.6) is 0 Å². The summed E-state index contributed by atoms with van der Waals surface area (Å²) in [6, 6.07) is 8.16. The highest BCUT2D eigenvalue weighted by Gasteiger charge is 2.05. The molecule has 20 heavy (non-hydrogen) atoms. The fourth-order valence-electron chi connectivity index (χ4n) is 1.99. The van der Waals surface area contributed by atoms with Crippen molar-refractivity contribution in [1.82, 2.24) is 19.7 Å². The average molecular weight is 285 g/mol. The van der Waals surface area contributed by atoms with Crippen LogP contribution in [-0.2, 0) is 13.6 Å². The highest BCUT2D eigenvalue weighted by atomic mass is 32.1. The lowest BCUT2D eigenvalue weighted by Crippen LogP contribution is -2.00. The van der Waals surface area contributed by atoms with Crippen molar-refractivity contribution in [3.63, 3.8) is 0 Å². The lowest BCUT2D eigenvalue weighted by Gasteiger charge is -2.07. The minimum atomic E-state index is 0.729. The number of hydrogen-bond donors (Lipinski definition) is 1. The predicted octanol–water partition coefficient (Wildman–Crippen LogP) is 2.86. The van der Waals surface area contributed by atoms with E-state index in [0.717, 1.165) is 34.3 Å². The summed E-state index contributed by atoms with van der Waals surface area (Å²) in [7, 11) is 1.94. The number of aryl methyl sites for hydroxylation is 2.